The van der Waals surface area contributed by atoms with Crippen molar-refractivity contribution in [2.75, 3.05) is 40.6 Å². The second-order valence-corrected chi connectivity index (χ2v) is 16.5. The predicted molar refractivity (Wildman–Crippen MR) is 231 cm³/mol. The number of unbranched alkanes of at least 4 members (excludes halogenated alkanes) is 15. The molecule has 12 heteroatoms. The van der Waals surface area contributed by atoms with Crippen molar-refractivity contribution in [3.63, 3.8) is 0 Å². The van der Waals surface area contributed by atoms with Crippen LogP contribution in [-0.2, 0) is 46.6 Å². The average Bonchev–Trinajstić information content (AvgIpc) is 3.21. The molecule has 57 heavy (non-hydrogen) atoms. The molecule has 0 aromatic rings. The van der Waals surface area contributed by atoms with Crippen LogP contribution in [0.15, 0.2) is 49.8 Å². The maximum atomic E-state index is 14.0. The fraction of sp³-hybridized carbons (Fsp3) is 0.800. The number of allylic oxidation sites excluding steroid dienone is 3. The van der Waals surface area contributed by atoms with Gasteiger partial charge in [0.1, 0.15) is 24.4 Å². The quantitative estimate of drug-likeness (QED) is 0.0277. The highest BCUT2D eigenvalue weighted by atomic mass is 31.2. The Kier molecular flexibility index (Phi) is 33.7. The summed E-state index contributed by atoms with van der Waals surface area (Å²) in [5.74, 6) is -0.160. The number of phosphoric ester groups is 1. The van der Waals surface area contributed by atoms with Gasteiger partial charge in [-0.05, 0) is 51.9 Å². The van der Waals surface area contributed by atoms with Gasteiger partial charge < -0.3 is 29.0 Å². The Labute approximate surface area is 347 Å². The van der Waals surface area contributed by atoms with E-state index in [1.807, 2.05) is 6.92 Å². The normalized spacial score (nSPS) is 20.6. The van der Waals surface area contributed by atoms with Crippen LogP contribution < -0.4 is 5.32 Å². The molecule has 0 aromatic heterocycles. The Hall–Kier alpha value is -1.82. The van der Waals surface area contributed by atoms with E-state index in [1.165, 1.54) is 96.2 Å². The molecule has 0 spiro atoms. The number of carbonyl (C=O) groups excluding carboxylic acids is 1. The summed E-state index contributed by atoms with van der Waals surface area (Å²) in [6, 6.07) is -0.834. The molecule has 1 saturated heterocycles. The lowest BCUT2D eigenvalue weighted by atomic mass is 9.96. The Morgan fingerprint density at radius 3 is 1.95 bits per heavy atom. The van der Waals surface area contributed by atoms with Gasteiger partial charge in [-0.3, -0.25) is 18.4 Å². The Balaban J connectivity index is 3.04. The van der Waals surface area contributed by atoms with E-state index < -0.39 is 38.5 Å². The van der Waals surface area contributed by atoms with Gasteiger partial charge in [-0.15, -0.1) is 13.2 Å². The summed E-state index contributed by atoms with van der Waals surface area (Å²) in [7, 11) is -0.950. The van der Waals surface area contributed by atoms with Crippen molar-refractivity contribution in [2.24, 2.45) is 0 Å². The zero-order valence-electron chi connectivity index (χ0n) is 36.5. The van der Waals surface area contributed by atoms with Crippen LogP contribution in [0.4, 0.5) is 0 Å². The molecule has 1 heterocycles. The standard InChI is InChI=1S/C45H82NO10P/c1-8-13-15-17-18-19-20-21-22-23-24-25-26-28-30-32-41(47)46-42-44(51-37-33-39(50-7)31-29-27-16-14-9-2)43(40(38-49-6)55-45(42)52-34-10-3)56-57(48,53-35-11-4)54-36-12-5/h10-12,19-20,34,39-40,42-45H,4-5,8-9,13-18,21-33,35-38H2,1-3,6-7H3,(H,46,47)/b20-19-,34-10+/t39-,40?,42?,43?,44?,45?/m1/s1. The van der Waals surface area contributed by atoms with E-state index in [9.17, 15) is 9.36 Å². The summed E-state index contributed by atoms with van der Waals surface area (Å²) >= 11 is 0. The van der Waals surface area contributed by atoms with Gasteiger partial charge in [-0.2, -0.15) is 0 Å². The second-order valence-electron chi connectivity index (χ2n) is 14.9. The molecule has 0 aliphatic carbocycles. The van der Waals surface area contributed by atoms with Crippen molar-refractivity contribution in [3.05, 3.63) is 49.8 Å². The Morgan fingerprint density at radius 1 is 0.789 bits per heavy atom. The van der Waals surface area contributed by atoms with Gasteiger partial charge in [0.05, 0.1) is 32.2 Å². The molecular weight excluding hydrogens is 745 g/mol. The number of methoxy groups -OCH3 is 2. The highest BCUT2D eigenvalue weighted by Gasteiger charge is 2.52. The zero-order chi connectivity index (χ0) is 41.8. The minimum atomic E-state index is -4.20. The smallest absolute Gasteiger partial charge is 0.471 e. The molecule has 0 bridgehead atoms. The van der Waals surface area contributed by atoms with Gasteiger partial charge >= 0.3 is 7.82 Å². The average molecular weight is 828 g/mol. The van der Waals surface area contributed by atoms with Gasteiger partial charge in [0, 0.05) is 27.2 Å². The summed E-state index contributed by atoms with van der Waals surface area (Å²) in [6.07, 6.45) is 30.1. The van der Waals surface area contributed by atoms with E-state index >= 15 is 0 Å². The summed E-state index contributed by atoms with van der Waals surface area (Å²) in [6.45, 7) is 13.8. The molecule has 332 valence electrons. The molecule has 11 nitrogen and oxygen atoms in total. The number of rotatable bonds is 39. The molecule has 0 saturated carbocycles. The van der Waals surface area contributed by atoms with E-state index in [1.54, 1.807) is 13.2 Å². The number of hydrogen-bond acceptors (Lipinski definition) is 10. The third kappa shape index (κ3) is 25.4. The van der Waals surface area contributed by atoms with E-state index in [0.717, 1.165) is 51.4 Å². The minimum absolute atomic E-state index is 0.0105. The topological polar surface area (TPSA) is 120 Å². The van der Waals surface area contributed by atoms with Crippen LogP contribution in [0.1, 0.15) is 156 Å². The van der Waals surface area contributed by atoms with Crippen molar-refractivity contribution >= 4 is 13.7 Å². The van der Waals surface area contributed by atoms with E-state index in [2.05, 4.69) is 44.5 Å². The van der Waals surface area contributed by atoms with E-state index in [-0.39, 0.29) is 38.4 Å². The van der Waals surface area contributed by atoms with Crippen LogP contribution >= 0.6 is 7.82 Å². The van der Waals surface area contributed by atoms with Gasteiger partial charge in [0.15, 0.2) is 0 Å². The first-order chi connectivity index (χ1) is 27.8. The second kappa shape index (κ2) is 36.1. The molecule has 1 rings (SSSR count). The molecule has 0 aromatic carbocycles. The lowest BCUT2D eigenvalue weighted by molar-refractivity contribution is -0.262. The highest BCUT2D eigenvalue weighted by molar-refractivity contribution is 7.48. The molecule has 6 atom stereocenters. The SMILES string of the molecule is C=CCOP(=O)(OCC=C)OC1C(COC)OC(O/C=C/C)C(NC(=O)CCCCCCCCC/C=C\CCCCCC)C1OCC[C@@H](CCCCCCC)OC. The van der Waals surface area contributed by atoms with E-state index in [4.69, 9.17) is 37.3 Å². The third-order valence-electron chi connectivity index (χ3n) is 9.98. The molecule has 5 unspecified atom stereocenters. The third-order valence-corrected chi connectivity index (χ3v) is 11.4. The molecule has 1 aliphatic heterocycles. The number of hydrogen-bond donors (Lipinski definition) is 1. The number of nitrogens with one attached hydrogen (secondary N) is 1. The Morgan fingerprint density at radius 2 is 1.37 bits per heavy atom. The number of carbonyl (C=O) groups is 1. The van der Waals surface area contributed by atoms with Crippen molar-refractivity contribution in [1.82, 2.24) is 5.32 Å². The van der Waals surface area contributed by atoms with Crippen molar-refractivity contribution in [2.45, 2.75) is 192 Å². The summed E-state index contributed by atoms with van der Waals surface area (Å²) in [4.78, 5) is 13.6. The molecule has 1 fully saturated rings. The maximum absolute atomic E-state index is 14.0. The lowest BCUT2D eigenvalue weighted by Gasteiger charge is -2.46. The highest BCUT2D eigenvalue weighted by Crippen LogP contribution is 2.52. The first-order valence-electron chi connectivity index (χ1n) is 22.1. The fourth-order valence-electron chi connectivity index (χ4n) is 6.79. The summed E-state index contributed by atoms with van der Waals surface area (Å²) in [5, 5.41) is 3.14. The van der Waals surface area contributed by atoms with Crippen LogP contribution in [-0.4, -0.2) is 83.3 Å². The van der Waals surface area contributed by atoms with Crippen molar-refractivity contribution < 1.29 is 46.6 Å². The van der Waals surface area contributed by atoms with Crippen LogP contribution in [0.5, 0.6) is 0 Å². The molecule has 1 amide bonds. The first kappa shape index (κ1) is 53.2. The van der Waals surface area contributed by atoms with Crippen LogP contribution in [0.25, 0.3) is 0 Å². The molecule has 1 aliphatic rings. The van der Waals surface area contributed by atoms with Crippen molar-refractivity contribution in [3.8, 4) is 0 Å². The fourth-order valence-corrected chi connectivity index (χ4v) is 8.12. The number of amides is 1. The monoisotopic (exact) mass is 828 g/mol. The number of phosphoric acid groups is 1. The van der Waals surface area contributed by atoms with Crippen LogP contribution in [0.2, 0.25) is 0 Å². The zero-order valence-corrected chi connectivity index (χ0v) is 37.4. The first-order valence-corrected chi connectivity index (χ1v) is 23.6. The summed E-state index contributed by atoms with van der Waals surface area (Å²) in [5.41, 5.74) is 0. The van der Waals surface area contributed by atoms with Gasteiger partial charge in [-0.25, -0.2) is 4.57 Å². The van der Waals surface area contributed by atoms with E-state index in [0.29, 0.717) is 12.8 Å². The molecule has 1 N–H and O–H groups in total. The number of ether oxygens (including phenoxy) is 5. The van der Waals surface area contributed by atoms with Crippen LogP contribution in [0, 0.1) is 0 Å². The van der Waals surface area contributed by atoms with Crippen molar-refractivity contribution in [1.29, 1.82) is 0 Å². The van der Waals surface area contributed by atoms with Gasteiger partial charge in [0.25, 0.3) is 0 Å². The minimum Gasteiger partial charge on any atom is -0.471 e. The maximum Gasteiger partial charge on any atom is 0.475 e. The predicted octanol–water partition coefficient (Wildman–Crippen LogP) is 11.5. The molecule has 0 radical (unpaired) electrons. The van der Waals surface area contributed by atoms with Crippen LogP contribution in [0.3, 0.4) is 0 Å². The largest absolute Gasteiger partial charge is 0.475 e. The lowest BCUT2D eigenvalue weighted by Crippen LogP contribution is -2.66. The van der Waals surface area contributed by atoms with Gasteiger partial charge in [0.2, 0.25) is 12.2 Å². The van der Waals surface area contributed by atoms with Gasteiger partial charge in [-0.1, -0.05) is 128 Å². The molecular formula is C45H82NO10P. The Bertz CT molecular complexity index is 1090. The summed E-state index contributed by atoms with van der Waals surface area (Å²) < 4.78 is 61.8.